The third-order valence-corrected chi connectivity index (χ3v) is 3.33. The van der Waals surface area contributed by atoms with Crippen LogP contribution in [0.4, 0.5) is 24.5 Å². The number of halogens is 3. The highest BCUT2D eigenvalue weighted by Gasteiger charge is 2.30. The first-order chi connectivity index (χ1) is 11.8. The maximum atomic E-state index is 12.7. The molecule has 3 rings (SSSR count). The summed E-state index contributed by atoms with van der Waals surface area (Å²) in [4.78, 5) is 30.6. The number of benzene rings is 2. The molecule has 1 heterocycles. The summed E-state index contributed by atoms with van der Waals surface area (Å²) in [7, 11) is 0. The van der Waals surface area contributed by atoms with Crippen LogP contribution < -0.4 is 10.6 Å². The topological polar surface area (TPSA) is 86.9 Å². The van der Waals surface area contributed by atoms with Crippen LogP contribution in [0.1, 0.15) is 5.56 Å². The second-order valence-corrected chi connectivity index (χ2v) is 5.12. The predicted molar refractivity (Wildman–Crippen MR) is 84.8 cm³/mol. The van der Waals surface area contributed by atoms with Gasteiger partial charge in [0, 0.05) is 11.4 Å². The van der Waals surface area contributed by atoms with E-state index in [1.54, 1.807) is 18.2 Å². The maximum Gasteiger partial charge on any atom is 0.416 e. The summed E-state index contributed by atoms with van der Waals surface area (Å²) in [6.45, 7) is 0. The summed E-state index contributed by atoms with van der Waals surface area (Å²) in [6, 6.07) is 8.80. The zero-order chi connectivity index (χ0) is 18.0. The molecule has 0 saturated heterocycles. The van der Waals surface area contributed by atoms with E-state index in [2.05, 4.69) is 20.6 Å². The normalized spacial score (nSPS) is 11.3. The lowest BCUT2D eigenvalue weighted by Crippen LogP contribution is -2.29. The Morgan fingerprint density at radius 3 is 2.32 bits per heavy atom. The number of carbonyl (C=O) groups is 2. The molecule has 0 spiro atoms. The van der Waals surface area contributed by atoms with E-state index in [1.807, 2.05) is 0 Å². The highest BCUT2D eigenvalue weighted by atomic mass is 19.4. The molecule has 9 heteroatoms. The van der Waals surface area contributed by atoms with Crippen molar-refractivity contribution in [2.45, 2.75) is 6.18 Å². The van der Waals surface area contributed by atoms with E-state index >= 15 is 0 Å². The fourth-order valence-electron chi connectivity index (χ4n) is 2.16. The molecule has 6 nitrogen and oxygen atoms in total. The van der Waals surface area contributed by atoms with Crippen LogP contribution >= 0.6 is 0 Å². The van der Waals surface area contributed by atoms with Crippen molar-refractivity contribution in [3.63, 3.8) is 0 Å². The van der Waals surface area contributed by atoms with Gasteiger partial charge in [0.2, 0.25) is 0 Å². The number of amides is 2. The van der Waals surface area contributed by atoms with Crippen molar-refractivity contribution in [3.05, 3.63) is 54.4 Å². The summed E-state index contributed by atoms with van der Waals surface area (Å²) < 4.78 is 38.0. The molecule has 3 aromatic rings. The minimum Gasteiger partial charge on any atom is -0.345 e. The number of H-pyrrole nitrogens is 1. The Kier molecular flexibility index (Phi) is 4.14. The molecule has 0 radical (unpaired) electrons. The Hall–Kier alpha value is -3.36. The Bertz CT molecular complexity index is 950. The van der Waals surface area contributed by atoms with Crippen molar-refractivity contribution in [1.29, 1.82) is 0 Å². The second-order valence-electron chi connectivity index (χ2n) is 5.12. The average Bonchev–Trinajstić information content (AvgIpc) is 3.02. The number of hydrogen-bond donors (Lipinski definition) is 3. The number of rotatable bonds is 2. The smallest absolute Gasteiger partial charge is 0.345 e. The number of imidazole rings is 1. The monoisotopic (exact) mass is 348 g/mol. The van der Waals surface area contributed by atoms with Crippen LogP contribution in [0.25, 0.3) is 11.0 Å². The first-order valence-corrected chi connectivity index (χ1v) is 7.06. The van der Waals surface area contributed by atoms with Gasteiger partial charge in [-0.05, 0) is 36.4 Å². The standard InChI is InChI=1S/C16H11F3N4O2/c17-16(18,19)9-2-1-3-10(6-9)22-14(24)15(25)23-11-4-5-12-13(7-11)21-8-20-12/h1-8H,(H,20,21)(H,22,24)(H,23,25). The van der Waals surface area contributed by atoms with Gasteiger partial charge in [-0.3, -0.25) is 9.59 Å². The van der Waals surface area contributed by atoms with E-state index < -0.39 is 23.6 Å². The van der Waals surface area contributed by atoms with Gasteiger partial charge in [0.1, 0.15) is 0 Å². The highest BCUT2D eigenvalue weighted by molar-refractivity contribution is 6.43. The van der Waals surface area contributed by atoms with Crippen LogP contribution in [0, 0.1) is 0 Å². The zero-order valence-electron chi connectivity index (χ0n) is 12.5. The number of hydrogen-bond acceptors (Lipinski definition) is 3. The van der Waals surface area contributed by atoms with Gasteiger partial charge in [-0.25, -0.2) is 4.98 Å². The van der Waals surface area contributed by atoms with Crippen molar-refractivity contribution >= 4 is 34.2 Å². The van der Waals surface area contributed by atoms with Crippen molar-refractivity contribution in [2.75, 3.05) is 10.6 Å². The number of nitrogens with one attached hydrogen (secondary N) is 3. The molecule has 2 aromatic carbocycles. The van der Waals surface area contributed by atoms with Gasteiger partial charge in [-0.2, -0.15) is 13.2 Å². The van der Waals surface area contributed by atoms with E-state index in [-0.39, 0.29) is 5.69 Å². The van der Waals surface area contributed by atoms with Crippen LogP contribution in [0.5, 0.6) is 0 Å². The molecule has 3 N–H and O–H groups in total. The number of alkyl halides is 3. The number of aromatic nitrogens is 2. The van der Waals surface area contributed by atoms with Gasteiger partial charge < -0.3 is 15.6 Å². The predicted octanol–water partition coefficient (Wildman–Crippen LogP) is 3.16. The molecule has 0 aliphatic carbocycles. The zero-order valence-corrected chi connectivity index (χ0v) is 12.5. The second kappa shape index (κ2) is 6.27. The molecule has 0 atom stereocenters. The van der Waals surface area contributed by atoms with Crippen molar-refractivity contribution in [1.82, 2.24) is 9.97 Å². The number of aromatic amines is 1. The summed E-state index contributed by atoms with van der Waals surface area (Å²) in [5.41, 5.74) is 0.651. The van der Waals surface area contributed by atoms with Crippen LogP contribution in [0.3, 0.4) is 0 Å². The molecule has 2 amide bonds. The molecule has 128 valence electrons. The van der Waals surface area contributed by atoms with Gasteiger partial charge in [-0.1, -0.05) is 6.07 Å². The molecule has 1 aromatic heterocycles. The first kappa shape index (κ1) is 16.5. The molecule has 0 bridgehead atoms. The molecular formula is C16H11F3N4O2. The van der Waals surface area contributed by atoms with Gasteiger partial charge >= 0.3 is 18.0 Å². The number of carbonyl (C=O) groups excluding carboxylic acids is 2. The van der Waals surface area contributed by atoms with E-state index in [9.17, 15) is 22.8 Å². The van der Waals surface area contributed by atoms with Crippen LogP contribution in [-0.2, 0) is 15.8 Å². The molecule has 0 fully saturated rings. The van der Waals surface area contributed by atoms with Gasteiger partial charge in [-0.15, -0.1) is 0 Å². The van der Waals surface area contributed by atoms with E-state index in [0.717, 1.165) is 18.2 Å². The van der Waals surface area contributed by atoms with E-state index in [0.29, 0.717) is 16.7 Å². The Morgan fingerprint density at radius 2 is 1.64 bits per heavy atom. The third kappa shape index (κ3) is 3.77. The first-order valence-electron chi connectivity index (χ1n) is 7.06. The third-order valence-electron chi connectivity index (χ3n) is 3.33. The van der Waals surface area contributed by atoms with Gasteiger partial charge in [0.05, 0.1) is 22.9 Å². The van der Waals surface area contributed by atoms with Crippen LogP contribution in [0.2, 0.25) is 0 Å². The summed E-state index contributed by atoms with van der Waals surface area (Å²) in [5, 5.41) is 4.50. The van der Waals surface area contributed by atoms with Gasteiger partial charge in [0.15, 0.2) is 0 Å². The molecule has 0 aliphatic heterocycles. The minimum atomic E-state index is -4.54. The quantitative estimate of drug-likeness (QED) is 0.622. The van der Waals surface area contributed by atoms with E-state index in [4.69, 9.17) is 0 Å². The largest absolute Gasteiger partial charge is 0.416 e. The lowest BCUT2D eigenvalue weighted by atomic mass is 10.2. The summed E-state index contributed by atoms with van der Waals surface area (Å²) in [6.07, 6.45) is -3.06. The Labute approximate surface area is 139 Å². The van der Waals surface area contributed by atoms with Crippen molar-refractivity contribution < 1.29 is 22.8 Å². The highest BCUT2D eigenvalue weighted by Crippen LogP contribution is 2.30. The van der Waals surface area contributed by atoms with Crippen LogP contribution in [-0.4, -0.2) is 21.8 Å². The van der Waals surface area contributed by atoms with Crippen LogP contribution in [0.15, 0.2) is 48.8 Å². The average molecular weight is 348 g/mol. The molecular weight excluding hydrogens is 337 g/mol. The molecule has 25 heavy (non-hydrogen) atoms. The number of nitrogens with zero attached hydrogens (tertiary/aromatic N) is 1. The Balaban J connectivity index is 1.69. The lowest BCUT2D eigenvalue weighted by molar-refractivity contribution is -0.137. The van der Waals surface area contributed by atoms with Crippen molar-refractivity contribution in [3.8, 4) is 0 Å². The minimum absolute atomic E-state index is 0.126. The molecule has 0 saturated carbocycles. The summed E-state index contributed by atoms with van der Waals surface area (Å²) in [5.74, 6) is -2.08. The van der Waals surface area contributed by atoms with Gasteiger partial charge in [0.25, 0.3) is 0 Å². The molecule has 0 aliphatic rings. The fourth-order valence-corrected chi connectivity index (χ4v) is 2.16. The number of fused-ring (bicyclic) bond motifs is 1. The Morgan fingerprint density at radius 1 is 0.960 bits per heavy atom. The molecule has 0 unspecified atom stereocenters. The number of anilines is 2. The van der Waals surface area contributed by atoms with E-state index in [1.165, 1.54) is 12.4 Å². The fraction of sp³-hybridized carbons (Fsp3) is 0.0625. The SMILES string of the molecule is O=C(Nc1cccc(C(F)(F)F)c1)C(=O)Nc1ccc2nc[nH]c2c1. The lowest BCUT2D eigenvalue weighted by Gasteiger charge is -2.10. The van der Waals surface area contributed by atoms with Crippen molar-refractivity contribution in [2.24, 2.45) is 0 Å². The maximum absolute atomic E-state index is 12.7. The summed E-state index contributed by atoms with van der Waals surface area (Å²) >= 11 is 0.